The van der Waals surface area contributed by atoms with Gasteiger partial charge in [0.25, 0.3) is 0 Å². The topological polar surface area (TPSA) is 58.4 Å². The first-order valence-corrected chi connectivity index (χ1v) is 6.73. The molecule has 1 unspecified atom stereocenters. The first-order chi connectivity index (χ1) is 8.97. The Kier molecular flexibility index (Phi) is 6.28. The Bertz CT molecular complexity index is 437. The van der Waals surface area contributed by atoms with Crippen molar-refractivity contribution in [2.24, 2.45) is 11.7 Å². The van der Waals surface area contributed by atoms with Crippen LogP contribution in [0.5, 0.6) is 0 Å². The lowest BCUT2D eigenvalue weighted by molar-refractivity contribution is -0.124. The third-order valence-corrected chi connectivity index (χ3v) is 3.42. The number of halogens is 1. The average Bonchev–Trinajstić information content (AvgIpc) is 2.39. The second-order valence-corrected chi connectivity index (χ2v) is 5.25. The lowest BCUT2D eigenvalue weighted by Gasteiger charge is -2.21. The molecule has 1 atom stereocenters. The largest absolute Gasteiger partial charge is 0.359 e. The summed E-state index contributed by atoms with van der Waals surface area (Å²) in [7, 11) is 3.63. The van der Waals surface area contributed by atoms with Crippen molar-refractivity contribution in [3.05, 3.63) is 34.3 Å². The van der Waals surface area contributed by atoms with Crippen LogP contribution in [0.25, 0.3) is 0 Å². The van der Waals surface area contributed by atoms with Crippen molar-refractivity contribution in [1.29, 1.82) is 0 Å². The number of nitrogens with one attached hydrogen (secondary N) is 1. The molecule has 1 amide bonds. The summed E-state index contributed by atoms with van der Waals surface area (Å²) < 4.78 is 0. The highest BCUT2D eigenvalue weighted by molar-refractivity contribution is 6.31. The minimum atomic E-state index is -0.0444. The summed E-state index contributed by atoms with van der Waals surface area (Å²) in [6, 6.07) is 5.87. The van der Waals surface area contributed by atoms with E-state index in [4.69, 9.17) is 17.3 Å². The number of hydrogen-bond donors (Lipinski definition) is 2. The highest BCUT2D eigenvalue weighted by atomic mass is 35.5. The molecule has 0 heterocycles. The first-order valence-electron chi connectivity index (χ1n) is 6.35. The van der Waals surface area contributed by atoms with Crippen molar-refractivity contribution in [1.82, 2.24) is 10.2 Å². The SMILES string of the molecule is CNC(=O)C(C)CN(C)Cc1ccc(CN)cc1Cl. The molecule has 0 saturated carbocycles. The number of carbonyl (C=O) groups is 1. The van der Waals surface area contributed by atoms with Crippen LogP contribution in [0.2, 0.25) is 5.02 Å². The van der Waals surface area contributed by atoms with E-state index in [1.165, 1.54) is 0 Å². The van der Waals surface area contributed by atoms with E-state index in [1.54, 1.807) is 7.05 Å². The molecule has 19 heavy (non-hydrogen) atoms. The van der Waals surface area contributed by atoms with Crippen LogP contribution >= 0.6 is 11.6 Å². The molecule has 4 nitrogen and oxygen atoms in total. The van der Waals surface area contributed by atoms with Crippen LogP contribution < -0.4 is 11.1 Å². The van der Waals surface area contributed by atoms with E-state index in [0.29, 0.717) is 19.6 Å². The molecular formula is C14H22ClN3O. The Balaban J connectivity index is 2.61. The van der Waals surface area contributed by atoms with Gasteiger partial charge in [-0.05, 0) is 24.2 Å². The molecule has 0 radical (unpaired) electrons. The van der Waals surface area contributed by atoms with Gasteiger partial charge >= 0.3 is 0 Å². The van der Waals surface area contributed by atoms with E-state index in [9.17, 15) is 4.79 Å². The molecule has 0 spiro atoms. The molecule has 5 heteroatoms. The van der Waals surface area contributed by atoms with Gasteiger partial charge in [0, 0.05) is 37.6 Å². The third kappa shape index (κ3) is 4.82. The first kappa shape index (κ1) is 16.0. The fourth-order valence-corrected chi connectivity index (χ4v) is 2.26. The normalized spacial score (nSPS) is 12.5. The summed E-state index contributed by atoms with van der Waals surface area (Å²) in [5, 5.41) is 3.38. The van der Waals surface area contributed by atoms with Gasteiger partial charge < -0.3 is 16.0 Å². The maximum absolute atomic E-state index is 11.5. The van der Waals surface area contributed by atoms with Crippen LogP contribution in [0, 0.1) is 5.92 Å². The van der Waals surface area contributed by atoms with Crippen LogP contribution in [-0.2, 0) is 17.9 Å². The smallest absolute Gasteiger partial charge is 0.223 e. The van der Waals surface area contributed by atoms with Crippen molar-refractivity contribution >= 4 is 17.5 Å². The highest BCUT2D eigenvalue weighted by Crippen LogP contribution is 2.19. The van der Waals surface area contributed by atoms with Crippen molar-refractivity contribution < 1.29 is 4.79 Å². The van der Waals surface area contributed by atoms with Crippen LogP contribution in [-0.4, -0.2) is 31.4 Å². The summed E-state index contributed by atoms with van der Waals surface area (Å²) >= 11 is 6.22. The van der Waals surface area contributed by atoms with Gasteiger partial charge in [-0.1, -0.05) is 30.7 Å². The van der Waals surface area contributed by atoms with Crippen LogP contribution in [0.4, 0.5) is 0 Å². The maximum Gasteiger partial charge on any atom is 0.223 e. The van der Waals surface area contributed by atoms with Gasteiger partial charge in [-0.25, -0.2) is 0 Å². The summed E-state index contributed by atoms with van der Waals surface area (Å²) in [5.41, 5.74) is 7.64. The van der Waals surface area contributed by atoms with E-state index in [2.05, 4.69) is 10.2 Å². The molecule has 3 N–H and O–H groups in total. The number of hydrogen-bond acceptors (Lipinski definition) is 3. The molecular weight excluding hydrogens is 262 g/mol. The Hall–Kier alpha value is -1.10. The van der Waals surface area contributed by atoms with Crippen molar-refractivity contribution in [3.8, 4) is 0 Å². The summed E-state index contributed by atoms with van der Waals surface area (Å²) in [4.78, 5) is 13.6. The number of carbonyl (C=O) groups excluding carboxylic acids is 1. The Morgan fingerprint density at radius 1 is 1.53 bits per heavy atom. The summed E-state index contributed by atoms with van der Waals surface area (Å²) in [6.45, 7) is 3.80. The zero-order valence-corrected chi connectivity index (χ0v) is 12.5. The van der Waals surface area contributed by atoms with Crippen LogP contribution in [0.3, 0.4) is 0 Å². The van der Waals surface area contributed by atoms with Gasteiger partial charge in [0.15, 0.2) is 0 Å². The zero-order valence-electron chi connectivity index (χ0n) is 11.7. The monoisotopic (exact) mass is 283 g/mol. The fourth-order valence-electron chi connectivity index (χ4n) is 2.00. The van der Waals surface area contributed by atoms with Gasteiger partial charge in [0.1, 0.15) is 0 Å². The molecule has 0 aromatic heterocycles. The molecule has 0 fully saturated rings. The number of nitrogens with two attached hydrogens (primary N) is 1. The van der Waals surface area contributed by atoms with E-state index in [-0.39, 0.29) is 11.8 Å². The molecule has 0 aliphatic carbocycles. The molecule has 0 aliphatic rings. The summed E-state index contributed by atoms with van der Waals surface area (Å²) in [6.07, 6.45) is 0. The number of amides is 1. The molecule has 0 bridgehead atoms. The van der Waals surface area contributed by atoms with E-state index < -0.39 is 0 Å². The second-order valence-electron chi connectivity index (χ2n) is 4.84. The van der Waals surface area contributed by atoms with E-state index >= 15 is 0 Å². The second kappa shape index (κ2) is 7.48. The van der Waals surface area contributed by atoms with Crippen molar-refractivity contribution in [3.63, 3.8) is 0 Å². The minimum Gasteiger partial charge on any atom is -0.359 e. The predicted octanol–water partition coefficient (Wildman–Crippen LogP) is 1.61. The number of nitrogens with zero attached hydrogens (tertiary/aromatic N) is 1. The number of benzene rings is 1. The Morgan fingerprint density at radius 3 is 2.74 bits per heavy atom. The quantitative estimate of drug-likeness (QED) is 0.834. The zero-order chi connectivity index (χ0) is 14.4. The molecule has 106 valence electrons. The third-order valence-electron chi connectivity index (χ3n) is 3.07. The lowest BCUT2D eigenvalue weighted by atomic mass is 10.1. The van der Waals surface area contributed by atoms with Gasteiger partial charge in [0.05, 0.1) is 0 Å². The van der Waals surface area contributed by atoms with Crippen molar-refractivity contribution in [2.45, 2.75) is 20.0 Å². The molecule has 0 saturated heterocycles. The number of rotatable bonds is 6. The minimum absolute atomic E-state index is 0.0444. The van der Waals surface area contributed by atoms with Crippen molar-refractivity contribution in [2.75, 3.05) is 20.6 Å². The van der Waals surface area contributed by atoms with Gasteiger partial charge in [-0.2, -0.15) is 0 Å². The summed E-state index contributed by atoms with van der Waals surface area (Å²) in [5.74, 6) is 0.00789. The van der Waals surface area contributed by atoms with Gasteiger partial charge in [-0.3, -0.25) is 4.79 Å². The fraction of sp³-hybridized carbons (Fsp3) is 0.500. The average molecular weight is 284 g/mol. The van der Waals surface area contributed by atoms with E-state index in [0.717, 1.165) is 16.1 Å². The molecule has 1 aromatic rings. The Morgan fingerprint density at radius 2 is 2.21 bits per heavy atom. The standard InChI is InChI=1S/C14H22ClN3O/c1-10(14(19)17-2)8-18(3)9-12-5-4-11(7-16)6-13(12)15/h4-6,10H,7-9,16H2,1-3H3,(H,17,19). The Labute approximate surface area is 119 Å². The van der Waals surface area contributed by atoms with E-state index in [1.807, 2.05) is 32.2 Å². The van der Waals surface area contributed by atoms with Crippen LogP contribution in [0.15, 0.2) is 18.2 Å². The molecule has 1 aromatic carbocycles. The van der Waals surface area contributed by atoms with Gasteiger partial charge in [0.2, 0.25) is 5.91 Å². The van der Waals surface area contributed by atoms with Gasteiger partial charge in [-0.15, -0.1) is 0 Å². The lowest BCUT2D eigenvalue weighted by Crippen LogP contribution is -2.34. The van der Waals surface area contributed by atoms with Crippen LogP contribution in [0.1, 0.15) is 18.1 Å². The molecule has 1 rings (SSSR count). The predicted molar refractivity (Wildman–Crippen MR) is 78.9 cm³/mol. The highest BCUT2D eigenvalue weighted by Gasteiger charge is 2.14. The maximum atomic E-state index is 11.5. The molecule has 0 aliphatic heterocycles.